The molecule has 0 saturated heterocycles. The van der Waals surface area contributed by atoms with Gasteiger partial charge in [-0.3, -0.25) is 9.59 Å². The molecule has 1 unspecified atom stereocenters. The summed E-state index contributed by atoms with van der Waals surface area (Å²) in [6, 6.07) is 7.46. The molecule has 9 nitrogen and oxygen atoms in total. The average Bonchev–Trinajstić information content (AvgIpc) is 3.46. The molecule has 3 rings (SSSR count). The van der Waals surface area contributed by atoms with Crippen LogP contribution in [0.3, 0.4) is 0 Å². The van der Waals surface area contributed by atoms with Crippen LogP contribution in [0.5, 0.6) is 0 Å². The van der Waals surface area contributed by atoms with Crippen LogP contribution in [0, 0.1) is 11.3 Å². The number of carbonyl (C=O) groups is 2. The van der Waals surface area contributed by atoms with Gasteiger partial charge in [0.1, 0.15) is 12.3 Å². The van der Waals surface area contributed by atoms with Gasteiger partial charge in [-0.05, 0) is 31.2 Å². The van der Waals surface area contributed by atoms with Crippen LogP contribution < -0.4 is 10.6 Å². The van der Waals surface area contributed by atoms with Crippen LogP contribution in [0.4, 0.5) is 5.13 Å². The molecule has 0 aliphatic carbocycles. The number of anilines is 1. The van der Waals surface area contributed by atoms with Crippen molar-refractivity contribution in [2.45, 2.75) is 13.0 Å². The van der Waals surface area contributed by atoms with E-state index < -0.39 is 29.2 Å². The molecule has 12 heteroatoms. The first-order valence-electron chi connectivity index (χ1n) is 9.68. The largest absolute Gasteiger partial charge is 0.593 e. The zero-order valence-corrected chi connectivity index (χ0v) is 20.1. The van der Waals surface area contributed by atoms with Gasteiger partial charge in [-0.2, -0.15) is 9.23 Å². The highest BCUT2D eigenvalue weighted by molar-refractivity contribution is 7.89. The van der Waals surface area contributed by atoms with E-state index in [4.69, 9.17) is 21.6 Å². The Hall–Kier alpha value is -2.88. The standard InChI is InChI=1S/C21H20ClN5O4S2/c1-3-31-11-17(24-19(28)14-4-5-27(10-14)33(2)30)20(29)26-21-25-18(12-32-21)15-6-13(9-23)7-16(22)8-15/h4-8,10,12,17H,3,11H2,1-2H3,(H,24,28)(H,25,26,29)/t17-,33?/m0/s1. The molecule has 2 heterocycles. The average molecular weight is 506 g/mol. The smallest absolute Gasteiger partial charge is 0.253 e. The van der Waals surface area contributed by atoms with E-state index in [1.54, 1.807) is 30.5 Å². The summed E-state index contributed by atoms with van der Waals surface area (Å²) < 4.78 is 18.3. The van der Waals surface area contributed by atoms with Crippen molar-refractivity contribution in [3.8, 4) is 17.3 Å². The number of nitrogens with one attached hydrogen (secondary N) is 2. The van der Waals surface area contributed by atoms with E-state index in [0.29, 0.717) is 33.6 Å². The van der Waals surface area contributed by atoms with E-state index in [-0.39, 0.29) is 12.2 Å². The number of hydrogen-bond acceptors (Lipinski definition) is 7. The molecule has 0 spiro atoms. The highest BCUT2D eigenvalue weighted by Gasteiger charge is 2.24. The predicted octanol–water partition coefficient (Wildman–Crippen LogP) is 3.05. The molecule has 2 N–H and O–H groups in total. The van der Waals surface area contributed by atoms with Crippen molar-refractivity contribution in [3.05, 3.63) is 58.2 Å². The van der Waals surface area contributed by atoms with Gasteiger partial charge in [-0.1, -0.05) is 11.6 Å². The second-order valence-corrected chi connectivity index (χ2v) is 9.30. The second kappa shape index (κ2) is 11.3. The highest BCUT2D eigenvalue weighted by atomic mass is 35.5. The first-order chi connectivity index (χ1) is 15.8. The van der Waals surface area contributed by atoms with Crippen LogP contribution >= 0.6 is 22.9 Å². The van der Waals surface area contributed by atoms with Crippen LogP contribution in [0.1, 0.15) is 22.8 Å². The Balaban J connectivity index is 1.72. The van der Waals surface area contributed by atoms with Crippen LogP contribution in [-0.2, 0) is 20.9 Å². The molecule has 0 saturated carbocycles. The summed E-state index contributed by atoms with van der Waals surface area (Å²) >= 11 is 5.96. The number of carbonyl (C=O) groups excluding carboxylic acids is 2. The van der Waals surface area contributed by atoms with Gasteiger partial charge in [0.15, 0.2) is 5.13 Å². The summed E-state index contributed by atoms with van der Waals surface area (Å²) in [6.07, 6.45) is 4.45. The lowest BCUT2D eigenvalue weighted by atomic mass is 10.1. The Kier molecular flexibility index (Phi) is 8.49. The van der Waals surface area contributed by atoms with Gasteiger partial charge in [0, 0.05) is 22.6 Å². The quantitative estimate of drug-likeness (QED) is 0.429. The van der Waals surface area contributed by atoms with Crippen molar-refractivity contribution >= 4 is 51.2 Å². The van der Waals surface area contributed by atoms with E-state index >= 15 is 0 Å². The number of nitrogens with zero attached hydrogens (tertiary/aromatic N) is 3. The fourth-order valence-corrected chi connectivity index (χ4v) is 4.24. The van der Waals surface area contributed by atoms with Crippen molar-refractivity contribution in [2.75, 3.05) is 24.8 Å². The first kappa shape index (κ1) is 24.8. The summed E-state index contributed by atoms with van der Waals surface area (Å²) in [7, 11) is 0. The van der Waals surface area contributed by atoms with Crippen LogP contribution in [0.15, 0.2) is 42.0 Å². The Morgan fingerprint density at radius 2 is 2.21 bits per heavy atom. The van der Waals surface area contributed by atoms with Crippen molar-refractivity contribution in [1.29, 1.82) is 5.26 Å². The van der Waals surface area contributed by atoms with Gasteiger partial charge in [0.25, 0.3) is 11.8 Å². The minimum Gasteiger partial charge on any atom is -0.593 e. The maximum absolute atomic E-state index is 12.8. The van der Waals surface area contributed by atoms with Gasteiger partial charge in [0.2, 0.25) is 0 Å². The summed E-state index contributed by atoms with van der Waals surface area (Å²) in [5, 5.41) is 16.9. The number of ether oxygens (including phenoxy) is 1. The summed E-state index contributed by atoms with van der Waals surface area (Å²) in [5.41, 5.74) is 1.86. The number of benzene rings is 1. The third kappa shape index (κ3) is 6.56. The minimum absolute atomic E-state index is 0.0352. The van der Waals surface area contributed by atoms with Crippen LogP contribution in [0.2, 0.25) is 5.02 Å². The van der Waals surface area contributed by atoms with Crippen LogP contribution in [-0.4, -0.2) is 50.8 Å². The third-order valence-electron chi connectivity index (χ3n) is 4.39. The maximum Gasteiger partial charge on any atom is 0.253 e. The molecule has 2 atom stereocenters. The highest BCUT2D eigenvalue weighted by Crippen LogP contribution is 2.28. The molecular weight excluding hydrogens is 486 g/mol. The first-order valence-corrected chi connectivity index (χ1v) is 12.5. The van der Waals surface area contributed by atoms with Crippen molar-refractivity contribution in [2.24, 2.45) is 0 Å². The van der Waals surface area contributed by atoms with E-state index in [0.717, 1.165) is 0 Å². The second-order valence-electron chi connectivity index (χ2n) is 6.74. The minimum atomic E-state index is -1.30. The lowest BCUT2D eigenvalue weighted by molar-refractivity contribution is -0.119. The van der Waals surface area contributed by atoms with Crippen molar-refractivity contribution < 1.29 is 18.9 Å². The molecule has 0 fully saturated rings. The fourth-order valence-electron chi connectivity index (χ4n) is 2.79. The zero-order valence-electron chi connectivity index (χ0n) is 17.7. The summed E-state index contributed by atoms with van der Waals surface area (Å²) in [5.74, 6) is -0.998. The molecule has 1 aromatic carbocycles. The molecular formula is C21H20ClN5O4S2. The number of thiazole rings is 1. The monoisotopic (exact) mass is 505 g/mol. The van der Waals surface area contributed by atoms with Crippen LogP contribution in [0.25, 0.3) is 11.3 Å². The molecule has 0 aliphatic heterocycles. The Bertz CT molecular complexity index is 1190. The number of amides is 2. The van der Waals surface area contributed by atoms with Gasteiger partial charge in [-0.15, -0.1) is 11.3 Å². The third-order valence-corrected chi connectivity index (χ3v) is 6.19. The van der Waals surface area contributed by atoms with E-state index in [1.807, 2.05) is 6.07 Å². The molecule has 172 valence electrons. The van der Waals surface area contributed by atoms with Gasteiger partial charge in [-0.25, -0.2) is 4.98 Å². The molecule has 33 heavy (non-hydrogen) atoms. The number of nitriles is 1. The Morgan fingerprint density at radius 3 is 2.88 bits per heavy atom. The molecule has 0 radical (unpaired) electrons. The van der Waals surface area contributed by atoms with Crippen molar-refractivity contribution in [1.82, 2.24) is 14.3 Å². The number of halogens is 1. The van der Waals surface area contributed by atoms with Gasteiger partial charge >= 0.3 is 0 Å². The Labute approximate surface area is 202 Å². The molecule has 2 aromatic heterocycles. The van der Waals surface area contributed by atoms with Gasteiger partial charge < -0.3 is 19.9 Å². The van der Waals surface area contributed by atoms with Crippen molar-refractivity contribution in [3.63, 3.8) is 0 Å². The number of hydrogen-bond donors (Lipinski definition) is 2. The topological polar surface area (TPSA) is 132 Å². The lowest BCUT2D eigenvalue weighted by Gasteiger charge is -2.17. The summed E-state index contributed by atoms with van der Waals surface area (Å²) in [4.78, 5) is 29.8. The van der Waals surface area contributed by atoms with E-state index in [1.165, 1.54) is 40.0 Å². The number of rotatable bonds is 9. The molecule has 0 aliphatic rings. The van der Waals surface area contributed by atoms with E-state index in [9.17, 15) is 14.1 Å². The normalized spacial score (nSPS) is 12.6. The number of aromatic nitrogens is 2. The fraction of sp³-hybridized carbons (Fsp3) is 0.238. The predicted molar refractivity (Wildman–Crippen MR) is 128 cm³/mol. The molecule has 3 aromatic rings. The molecule has 2 amide bonds. The van der Waals surface area contributed by atoms with Gasteiger partial charge in [0.05, 0.1) is 53.3 Å². The summed E-state index contributed by atoms with van der Waals surface area (Å²) in [6.45, 7) is 2.11. The maximum atomic E-state index is 12.8. The Morgan fingerprint density at radius 1 is 1.42 bits per heavy atom. The lowest BCUT2D eigenvalue weighted by Crippen LogP contribution is -2.46. The SMILES string of the molecule is CCOC[C@H](NC(=O)c1ccn([S+](C)[O-])c1)C(=O)Nc1nc(-c2cc(Cl)cc(C#N)c2)cs1. The molecule has 0 bridgehead atoms. The zero-order chi connectivity index (χ0) is 24.0. The van der Waals surface area contributed by atoms with E-state index in [2.05, 4.69) is 15.6 Å².